The SMILES string of the molecule is C[C@@H]1CN(Cc2ccccc2)C[C@@H]1C(=O)O. The van der Waals surface area contributed by atoms with Crippen LogP contribution in [0.4, 0.5) is 0 Å². The minimum Gasteiger partial charge on any atom is -0.481 e. The van der Waals surface area contributed by atoms with Gasteiger partial charge < -0.3 is 5.11 Å². The van der Waals surface area contributed by atoms with Gasteiger partial charge in [-0.2, -0.15) is 0 Å². The highest BCUT2D eigenvalue weighted by atomic mass is 16.4. The van der Waals surface area contributed by atoms with E-state index in [0.717, 1.165) is 13.1 Å². The highest BCUT2D eigenvalue weighted by molar-refractivity contribution is 5.71. The van der Waals surface area contributed by atoms with Crippen LogP contribution >= 0.6 is 0 Å². The van der Waals surface area contributed by atoms with Gasteiger partial charge in [0.15, 0.2) is 0 Å². The zero-order valence-electron chi connectivity index (χ0n) is 9.47. The Hall–Kier alpha value is -1.35. The summed E-state index contributed by atoms with van der Waals surface area (Å²) in [5.74, 6) is -0.618. The number of benzene rings is 1. The van der Waals surface area contributed by atoms with E-state index in [4.69, 9.17) is 5.11 Å². The first-order chi connectivity index (χ1) is 7.66. The molecule has 0 saturated carbocycles. The van der Waals surface area contributed by atoms with E-state index in [0.29, 0.717) is 6.54 Å². The van der Waals surface area contributed by atoms with Crippen molar-refractivity contribution < 1.29 is 9.90 Å². The summed E-state index contributed by atoms with van der Waals surface area (Å²) in [6.07, 6.45) is 0. The van der Waals surface area contributed by atoms with E-state index >= 15 is 0 Å². The third-order valence-corrected chi connectivity index (χ3v) is 3.25. The van der Waals surface area contributed by atoms with Crippen molar-refractivity contribution in [1.29, 1.82) is 0 Å². The lowest BCUT2D eigenvalue weighted by molar-refractivity contribution is -0.142. The van der Waals surface area contributed by atoms with Crippen molar-refractivity contribution in [2.75, 3.05) is 13.1 Å². The van der Waals surface area contributed by atoms with Crippen LogP contribution in [0.2, 0.25) is 0 Å². The molecule has 0 unspecified atom stereocenters. The molecule has 0 aliphatic carbocycles. The summed E-state index contributed by atoms with van der Waals surface area (Å²) in [6.45, 7) is 4.43. The third kappa shape index (κ3) is 2.42. The van der Waals surface area contributed by atoms with E-state index in [1.54, 1.807) is 0 Å². The van der Waals surface area contributed by atoms with Gasteiger partial charge in [-0.1, -0.05) is 37.3 Å². The maximum absolute atomic E-state index is 11.0. The van der Waals surface area contributed by atoms with Gasteiger partial charge >= 0.3 is 5.97 Å². The summed E-state index contributed by atoms with van der Waals surface area (Å²) in [6, 6.07) is 10.2. The number of aliphatic carboxylic acids is 1. The lowest BCUT2D eigenvalue weighted by Gasteiger charge is -2.14. The Morgan fingerprint density at radius 3 is 2.62 bits per heavy atom. The number of carbonyl (C=O) groups is 1. The van der Waals surface area contributed by atoms with Crippen LogP contribution in [0.5, 0.6) is 0 Å². The van der Waals surface area contributed by atoms with Gasteiger partial charge in [0.2, 0.25) is 0 Å². The van der Waals surface area contributed by atoms with Crippen LogP contribution in [-0.4, -0.2) is 29.1 Å². The largest absolute Gasteiger partial charge is 0.481 e. The molecule has 2 atom stereocenters. The molecule has 3 heteroatoms. The van der Waals surface area contributed by atoms with Gasteiger partial charge in [-0.15, -0.1) is 0 Å². The Kier molecular flexibility index (Phi) is 3.25. The number of carboxylic acids is 1. The Bertz CT molecular complexity index is 363. The molecule has 1 heterocycles. The van der Waals surface area contributed by atoms with Crippen LogP contribution < -0.4 is 0 Å². The monoisotopic (exact) mass is 219 g/mol. The topological polar surface area (TPSA) is 40.5 Å². The van der Waals surface area contributed by atoms with Gasteiger partial charge in [-0.25, -0.2) is 0 Å². The molecular weight excluding hydrogens is 202 g/mol. The second-order valence-corrected chi connectivity index (χ2v) is 4.60. The Labute approximate surface area is 95.7 Å². The van der Waals surface area contributed by atoms with E-state index < -0.39 is 5.97 Å². The minimum atomic E-state index is -0.664. The first kappa shape index (κ1) is 11.1. The van der Waals surface area contributed by atoms with Crippen LogP contribution in [0.25, 0.3) is 0 Å². The fourth-order valence-corrected chi connectivity index (χ4v) is 2.36. The van der Waals surface area contributed by atoms with Crippen molar-refractivity contribution in [3.05, 3.63) is 35.9 Å². The lowest BCUT2D eigenvalue weighted by atomic mass is 9.99. The van der Waals surface area contributed by atoms with Gasteiger partial charge in [-0.05, 0) is 11.5 Å². The summed E-state index contributed by atoms with van der Waals surface area (Å²) >= 11 is 0. The number of hydrogen-bond donors (Lipinski definition) is 1. The average Bonchev–Trinajstić information content (AvgIpc) is 2.61. The van der Waals surface area contributed by atoms with Gasteiger partial charge in [0, 0.05) is 19.6 Å². The Morgan fingerprint density at radius 2 is 2.06 bits per heavy atom. The zero-order chi connectivity index (χ0) is 11.5. The molecule has 16 heavy (non-hydrogen) atoms. The van der Waals surface area contributed by atoms with Crippen molar-refractivity contribution in [2.24, 2.45) is 11.8 Å². The van der Waals surface area contributed by atoms with E-state index in [9.17, 15) is 4.79 Å². The molecule has 0 aromatic heterocycles. The maximum atomic E-state index is 11.0. The van der Waals surface area contributed by atoms with Crippen LogP contribution in [0.1, 0.15) is 12.5 Å². The highest BCUT2D eigenvalue weighted by Gasteiger charge is 2.34. The van der Waals surface area contributed by atoms with Crippen molar-refractivity contribution in [3.63, 3.8) is 0 Å². The predicted octanol–water partition coefficient (Wildman–Crippen LogP) is 1.84. The second-order valence-electron chi connectivity index (χ2n) is 4.60. The highest BCUT2D eigenvalue weighted by Crippen LogP contribution is 2.24. The predicted molar refractivity (Wildman–Crippen MR) is 62.0 cm³/mol. The molecule has 0 amide bonds. The number of nitrogens with zero attached hydrogens (tertiary/aromatic N) is 1. The molecule has 2 rings (SSSR count). The molecule has 0 radical (unpaired) electrons. The number of carboxylic acid groups (broad SMARTS) is 1. The maximum Gasteiger partial charge on any atom is 0.308 e. The molecule has 1 aliphatic rings. The number of rotatable bonds is 3. The fourth-order valence-electron chi connectivity index (χ4n) is 2.36. The normalized spacial score (nSPS) is 25.8. The second kappa shape index (κ2) is 4.66. The van der Waals surface area contributed by atoms with E-state index in [1.165, 1.54) is 5.56 Å². The van der Waals surface area contributed by atoms with Gasteiger partial charge in [0.25, 0.3) is 0 Å². The average molecular weight is 219 g/mol. The van der Waals surface area contributed by atoms with E-state index in [-0.39, 0.29) is 11.8 Å². The van der Waals surface area contributed by atoms with Crippen LogP contribution in [-0.2, 0) is 11.3 Å². The van der Waals surface area contributed by atoms with E-state index in [1.807, 2.05) is 25.1 Å². The number of likely N-dealkylation sites (tertiary alicyclic amines) is 1. The molecule has 0 bridgehead atoms. The van der Waals surface area contributed by atoms with Gasteiger partial charge in [0.05, 0.1) is 5.92 Å². The van der Waals surface area contributed by atoms with Crippen molar-refractivity contribution in [3.8, 4) is 0 Å². The van der Waals surface area contributed by atoms with Crippen molar-refractivity contribution >= 4 is 5.97 Å². The Morgan fingerprint density at radius 1 is 1.38 bits per heavy atom. The summed E-state index contributed by atoms with van der Waals surface area (Å²) in [7, 11) is 0. The summed E-state index contributed by atoms with van der Waals surface area (Å²) in [5.41, 5.74) is 1.25. The first-order valence-corrected chi connectivity index (χ1v) is 5.66. The molecule has 1 aromatic rings. The summed E-state index contributed by atoms with van der Waals surface area (Å²) < 4.78 is 0. The molecule has 1 saturated heterocycles. The van der Waals surface area contributed by atoms with Crippen LogP contribution in [0, 0.1) is 11.8 Å². The molecule has 1 fully saturated rings. The summed E-state index contributed by atoms with van der Waals surface area (Å²) in [4.78, 5) is 13.2. The summed E-state index contributed by atoms with van der Waals surface area (Å²) in [5, 5.41) is 9.04. The first-order valence-electron chi connectivity index (χ1n) is 5.66. The standard InChI is InChI=1S/C13H17NO2/c1-10-7-14(9-12(10)13(15)16)8-11-5-3-2-4-6-11/h2-6,10,12H,7-9H2,1H3,(H,15,16)/t10-,12+/m1/s1. The van der Waals surface area contributed by atoms with Crippen LogP contribution in [0.15, 0.2) is 30.3 Å². The van der Waals surface area contributed by atoms with Crippen molar-refractivity contribution in [1.82, 2.24) is 4.90 Å². The molecule has 86 valence electrons. The molecule has 1 aliphatic heterocycles. The quantitative estimate of drug-likeness (QED) is 0.843. The molecular formula is C13H17NO2. The Balaban J connectivity index is 1.96. The minimum absolute atomic E-state index is 0.205. The number of hydrogen-bond acceptors (Lipinski definition) is 2. The van der Waals surface area contributed by atoms with Crippen LogP contribution in [0.3, 0.4) is 0 Å². The fraction of sp³-hybridized carbons (Fsp3) is 0.462. The molecule has 1 N–H and O–H groups in total. The van der Waals surface area contributed by atoms with Crippen molar-refractivity contribution in [2.45, 2.75) is 13.5 Å². The van der Waals surface area contributed by atoms with Gasteiger partial charge in [-0.3, -0.25) is 9.69 Å². The molecule has 3 nitrogen and oxygen atoms in total. The smallest absolute Gasteiger partial charge is 0.308 e. The lowest BCUT2D eigenvalue weighted by Crippen LogP contribution is -2.23. The molecule has 0 spiro atoms. The zero-order valence-corrected chi connectivity index (χ0v) is 9.47. The molecule has 1 aromatic carbocycles. The van der Waals surface area contributed by atoms with Gasteiger partial charge in [0.1, 0.15) is 0 Å². The van der Waals surface area contributed by atoms with E-state index in [2.05, 4.69) is 17.0 Å². The third-order valence-electron chi connectivity index (χ3n) is 3.25.